The predicted molar refractivity (Wildman–Crippen MR) is 99.0 cm³/mol. The summed E-state index contributed by atoms with van der Waals surface area (Å²) in [7, 11) is 0. The number of carbonyl (C=O) groups is 1. The van der Waals surface area contributed by atoms with Gasteiger partial charge in [-0.2, -0.15) is 0 Å². The molecule has 0 bridgehead atoms. The highest BCUT2D eigenvalue weighted by molar-refractivity contribution is 6.32. The molecule has 1 amide bonds. The van der Waals surface area contributed by atoms with Crippen molar-refractivity contribution in [1.82, 2.24) is 5.32 Å². The largest absolute Gasteiger partial charge is 0.492 e. The number of hydrogen-bond donors (Lipinski definition) is 1. The number of halogens is 1. The maximum absolute atomic E-state index is 12.5. The van der Waals surface area contributed by atoms with Crippen LogP contribution in [0.4, 0.5) is 0 Å². The molecule has 1 N–H and O–H groups in total. The van der Waals surface area contributed by atoms with Crippen LogP contribution >= 0.6 is 11.6 Å². The molecule has 128 valence electrons. The normalized spacial score (nSPS) is 11.9. The molecule has 0 fully saturated rings. The van der Waals surface area contributed by atoms with Crippen LogP contribution in [0.1, 0.15) is 53.4 Å². The third-order valence-corrected chi connectivity index (χ3v) is 4.44. The summed E-state index contributed by atoms with van der Waals surface area (Å²) >= 11 is 6.17. The minimum absolute atomic E-state index is 0.0258. The lowest BCUT2D eigenvalue weighted by Gasteiger charge is -2.19. The number of ether oxygens (including phenoxy) is 1. The van der Waals surface area contributed by atoms with Gasteiger partial charge in [0.15, 0.2) is 0 Å². The van der Waals surface area contributed by atoms with E-state index < -0.39 is 0 Å². The van der Waals surface area contributed by atoms with Crippen LogP contribution < -0.4 is 10.1 Å². The number of carbonyl (C=O) groups excluding carboxylic acids is 1. The lowest BCUT2D eigenvalue weighted by Crippen LogP contribution is -2.28. The Bertz CT molecular complexity index is 728. The highest BCUT2D eigenvalue weighted by Crippen LogP contribution is 2.26. The summed E-state index contributed by atoms with van der Waals surface area (Å²) in [4.78, 5) is 12.5. The van der Waals surface area contributed by atoms with Crippen LogP contribution in [0.5, 0.6) is 5.75 Å². The highest BCUT2D eigenvalue weighted by atomic mass is 35.5. The van der Waals surface area contributed by atoms with Gasteiger partial charge in [-0.15, -0.1) is 0 Å². The van der Waals surface area contributed by atoms with Gasteiger partial charge in [-0.25, -0.2) is 0 Å². The smallest absolute Gasteiger partial charge is 0.251 e. The predicted octanol–water partition coefficient (Wildman–Crippen LogP) is 5.24. The average Bonchev–Trinajstić information content (AvgIpc) is 2.57. The number of nitrogens with one attached hydrogen (secondary N) is 1. The van der Waals surface area contributed by atoms with E-state index in [1.54, 1.807) is 18.2 Å². The van der Waals surface area contributed by atoms with E-state index in [-0.39, 0.29) is 11.9 Å². The number of benzene rings is 2. The molecule has 0 spiro atoms. The van der Waals surface area contributed by atoms with Crippen molar-refractivity contribution >= 4 is 17.5 Å². The first-order valence-electron chi connectivity index (χ1n) is 8.26. The van der Waals surface area contributed by atoms with Crippen molar-refractivity contribution in [3.63, 3.8) is 0 Å². The third-order valence-electron chi connectivity index (χ3n) is 4.14. The van der Waals surface area contributed by atoms with Crippen LogP contribution in [0.15, 0.2) is 36.4 Å². The number of aryl methyl sites for hydroxylation is 2. The lowest BCUT2D eigenvalue weighted by molar-refractivity contribution is 0.0935. The molecule has 0 saturated carbocycles. The summed E-state index contributed by atoms with van der Waals surface area (Å²) in [6, 6.07) is 11.4. The second-order valence-corrected chi connectivity index (χ2v) is 6.26. The van der Waals surface area contributed by atoms with Gasteiger partial charge in [0.2, 0.25) is 0 Å². The van der Waals surface area contributed by atoms with Gasteiger partial charge < -0.3 is 10.1 Å². The molecule has 3 nitrogen and oxygen atoms in total. The Morgan fingerprint density at radius 1 is 1.12 bits per heavy atom. The molecule has 1 atom stereocenters. The quantitative estimate of drug-likeness (QED) is 0.777. The molecule has 0 aliphatic heterocycles. The van der Waals surface area contributed by atoms with E-state index in [0.29, 0.717) is 22.9 Å². The average molecular weight is 346 g/mol. The molecule has 0 unspecified atom stereocenters. The van der Waals surface area contributed by atoms with Gasteiger partial charge in [-0.1, -0.05) is 36.7 Å². The second-order valence-electron chi connectivity index (χ2n) is 5.86. The fraction of sp³-hybridized carbons (Fsp3) is 0.350. The topological polar surface area (TPSA) is 38.3 Å². The van der Waals surface area contributed by atoms with Gasteiger partial charge in [0.1, 0.15) is 5.75 Å². The summed E-state index contributed by atoms with van der Waals surface area (Å²) in [5.74, 6) is 0.460. The van der Waals surface area contributed by atoms with Crippen molar-refractivity contribution in [3.8, 4) is 5.75 Å². The van der Waals surface area contributed by atoms with E-state index in [0.717, 1.165) is 12.0 Å². The minimum atomic E-state index is -0.134. The third kappa shape index (κ3) is 4.30. The Kier molecular flexibility index (Phi) is 6.27. The standard InChI is InChI=1S/C20H24ClNO2/c1-5-18(15-8-7-13(3)14(4)11-15)22-20(23)16-9-10-19(24-6-2)17(21)12-16/h7-12,18H,5-6H2,1-4H3,(H,22,23)/t18-/m0/s1. The zero-order chi connectivity index (χ0) is 17.7. The van der Waals surface area contributed by atoms with Crippen LogP contribution in [0.2, 0.25) is 5.02 Å². The van der Waals surface area contributed by atoms with E-state index in [4.69, 9.17) is 16.3 Å². The first-order valence-corrected chi connectivity index (χ1v) is 8.64. The first kappa shape index (κ1) is 18.3. The van der Waals surface area contributed by atoms with Crippen LogP contribution in [-0.4, -0.2) is 12.5 Å². The molecule has 0 aromatic heterocycles. The van der Waals surface area contributed by atoms with E-state index in [1.807, 2.05) is 6.92 Å². The van der Waals surface area contributed by atoms with E-state index in [2.05, 4.69) is 44.3 Å². The van der Waals surface area contributed by atoms with Crippen LogP contribution in [-0.2, 0) is 0 Å². The summed E-state index contributed by atoms with van der Waals surface area (Å²) in [6.45, 7) is 8.66. The zero-order valence-electron chi connectivity index (χ0n) is 14.7. The Morgan fingerprint density at radius 3 is 2.46 bits per heavy atom. The van der Waals surface area contributed by atoms with Crippen molar-refractivity contribution < 1.29 is 9.53 Å². The first-order chi connectivity index (χ1) is 11.5. The van der Waals surface area contributed by atoms with Crippen molar-refractivity contribution in [2.45, 2.75) is 40.2 Å². The van der Waals surface area contributed by atoms with E-state index in [1.165, 1.54) is 11.1 Å². The number of amides is 1. The molecule has 0 saturated heterocycles. The van der Waals surface area contributed by atoms with Gasteiger partial charge in [0.25, 0.3) is 5.91 Å². The van der Waals surface area contributed by atoms with Crippen molar-refractivity contribution in [2.24, 2.45) is 0 Å². The molecule has 0 aliphatic rings. The fourth-order valence-electron chi connectivity index (χ4n) is 2.56. The number of hydrogen-bond acceptors (Lipinski definition) is 2. The second kappa shape index (κ2) is 8.20. The van der Waals surface area contributed by atoms with E-state index >= 15 is 0 Å². The maximum atomic E-state index is 12.5. The van der Waals surface area contributed by atoms with Crippen molar-refractivity contribution in [1.29, 1.82) is 0 Å². The monoisotopic (exact) mass is 345 g/mol. The SMILES string of the molecule is CCOc1ccc(C(=O)N[C@@H](CC)c2ccc(C)c(C)c2)cc1Cl. The van der Waals surface area contributed by atoms with Gasteiger partial charge in [-0.3, -0.25) is 4.79 Å². The molecule has 2 aromatic rings. The minimum Gasteiger partial charge on any atom is -0.492 e. The molecular weight excluding hydrogens is 322 g/mol. The molecular formula is C20H24ClNO2. The molecule has 0 heterocycles. The molecule has 0 radical (unpaired) electrons. The van der Waals surface area contributed by atoms with Gasteiger partial charge in [-0.05, 0) is 62.1 Å². The van der Waals surface area contributed by atoms with Gasteiger partial charge >= 0.3 is 0 Å². The van der Waals surface area contributed by atoms with Crippen LogP contribution in [0, 0.1) is 13.8 Å². The van der Waals surface area contributed by atoms with E-state index in [9.17, 15) is 4.79 Å². The van der Waals surface area contributed by atoms with Gasteiger partial charge in [0, 0.05) is 5.56 Å². The van der Waals surface area contributed by atoms with Crippen LogP contribution in [0.3, 0.4) is 0 Å². The highest BCUT2D eigenvalue weighted by Gasteiger charge is 2.16. The Labute approximate surface area is 149 Å². The summed E-state index contributed by atoms with van der Waals surface area (Å²) in [6.07, 6.45) is 0.818. The summed E-state index contributed by atoms with van der Waals surface area (Å²) in [5.41, 5.74) is 4.12. The lowest BCUT2D eigenvalue weighted by atomic mass is 9.99. The molecule has 24 heavy (non-hydrogen) atoms. The molecule has 2 rings (SSSR count). The Balaban J connectivity index is 2.17. The Hall–Kier alpha value is -2.00. The number of rotatable bonds is 6. The van der Waals surface area contributed by atoms with Gasteiger partial charge in [0.05, 0.1) is 17.7 Å². The maximum Gasteiger partial charge on any atom is 0.251 e. The zero-order valence-corrected chi connectivity index (χ0v) is 15.4. The summed E-state index contributed by atoms with van der Waals surface area (Å²) in [5, 5.41) is 3.53. The molecule has 2 aromatic carbocycles. The van der Waals surface area contributed by atoms with Crippen LogP contribution in [0.25, 0.3) is 0 Å². The molecule has 0 aliphatic carbocycles. The summed E-state index contributed by atoms with van der Waals surface area (Å²) < 4.78 is 5.40. The van der Waals surface area contributed by atoms with Crippen molar-refractivity contribution in [2.75, 3.05) is 6.61 Å². The molecule has 4 heteroatoms. The van der Waals surface area contributed by atoms with Crippen molar-refractivity contribution in [3.05, 3.63) is 63.7 Å². The fourth-order valence-corrected chi connectivity index (χ4v) is 2.79. The Morgan fingerprint density at radius 2 is 1.88 bits per heavy atom.